The van der Waals surface area contributed by atoms with E-state index in [0.29, 0.717) is 17.8 Å². The molecule has 0 saturated heterocycles. The second kappa shape index (κ2) is 6.12. The first-order valence-electron chi connectivity index (χ1n) is 5.95. The number of aryl methyl sites for hydroxylation is 1. The van der Waals surface area contributed by atoms with Gasteiger partial charge in [0, 0.05) is 12.1 Å². The van der Waals surface area contributed by atoms with Crippen molar-refractivity contribution in [2.24, 2.45) is 0 Å². The van der Waals surface area contributed by atoms with Crippen LogP contribution in [0, 0.1) is 0 Å². The van der Waals surface area contributed by atoms with Gasteiger partial charge in [0.2, 0.25) is 5.24 Å². The Labute approximate surface area is 119 Å². The van der Waals surface area contributed by atoms with Gasteiger partial charge >= 0.3 is 0 Å². The Morgan fingerprint density at radius 2 is 2.32 bits per heavy atom. The highest BCUT2D eigenvalue weighted by atomic mass is 35.5. The van der Waals surface area contributed by atoms with Crippen LogP contribution in [-0.2, 0) is 17.8 Å². The molecule has 100 valence electrons. The Balaban J connectivity index is 2.53. The van der Waals surface area contributed by atoms with Crippen molar-refractivity contribution < 1.29 is 4.79 Å². The smallest absolute Gasteiger partial charge is 0.270 e. The quantitative estimate of drug-likeness (QED) is 0.797. The van der Waals surface area contributed by atoms with E-state index in [-0.39, 0.29) is 12.0 Å². The van der Waals surface area contributed by atoms with E-state index >= 15 is 0 Å². The van der Waals surface area contributed by atoms with Gasteiger partial charge in [-0.25, -0.2) is 4.68 Å². The van der Waals surface area contributed by atoms with Gasteiger partial charge in [-0.2, -0.15) is 5.10 Å². The van der Waals surface area contributed by atoms with Crippen molar-refractivity contribution in [3.05, 3.63) is 39.5 Å². The highest BCUT2D eigenvalue weighted by Gasteiger charge is 2.12. The predicted molar refractivity (Wildman–Crippen MR) is 76.7 cm³/mol. The molecule has 0 bridgehead atoms. The van der Waals surface area contributed by atoms with E-state index in [0.717, 1.165) is 11.3 Å². The number of hydrogen-bond acceptors (Lipinski definition) is 4. The predicted octanol–water partition coefficient (Wildman–Crippen LogP) is 2.69. The maximum Gasteiger partial charge on any atom is 0.270 e. The van der Waals surface area contributed by atoms with Gasteiger partial charge in [-0.1, -0.05) is 13.0 Å². The summed E-state index contributed by atoms with van der Waals surface area (Å²) in [6, 6.07) is 5.50. The van der Waals surface area contributed by atoms with Crippen molar-refractivity contribution in [3.8, 4) is 10.6 Å². The zero-order chi connectivity index (χ0) is 13.8. The summed E-state index contributed by atoms with van der Waals surface area (Å²) in [6.07, 6.45) is 0.736. The summed E-state index contributed by atoms with van der Waals surface area (Å²) < 4.78 is 1.41. The van der Waals surface area contributed by atoms with Gasteiger partial charge in [0.1, 0.15) is 5.69 Å². The second-order valence-corrected chi connectivity index (χ2v) is 5.46. The fraction of sp³-hybridized carbons (Fsp3) is 0.308. The fourth-order valence-electron chi connectivity index (χ4n) is 1.78. The summed E-state index contributed by atoms with van der Waals surface area (Å²) in [5, 5.41) is 5.74. The first-order valence-corrected chi connectivity index (χ1v) is 7.21. The lowest BCUT2D eigenvalue weighted by molar-refractivity contribution is -0.111. The van der Waals surface area contributed by atoms with Gasteiger partial charge in [0.05, 0.1) is 11.3 Å². The maximum atomic E-state index is 12.1. The Morgan fingerprint density at radius 1 is 1.53 bits per heavy atom. The van der Waals surface area contributed by atoms with Crippen LogP contribution < -0.4 is 5.56 Å². The summed E-state index contributed by atoms with van der Waals surface area (Å²) in [7, 11) is 0. The largest absolute Gasteiger partial charge is 0.281 e. The zero-order valence-electron chi connectivity index (χ0n) is 10.4. The Morgan fingerprint density at radius 3 is 2.89 bits per heavy atom. The van der Waals surface area contributed by atoms with Crippen LogP contribution in [0.25, 0.3) is 10.6 Å². The molecule has 0 unspecified atom stereocenters. The second-order valence-electron chi connectivity index (χ2n) is 4.09. The molecule has 0 aliphatic carbocycles. The van der Waals surface area contributed by atoms with Crippen molar-refractivity contribution in [2.75, 3.05) is 0 Å². The minimum Gasteiger partial charge on any atom is -0.281 e. The molecule has 0 atom stereocenters. The molecule has 0 N–H and O–H groups in total. The highest BCUT2D eigenvalue weighted by Crippen LogP contribution is 2.22. The van der Waals surface area contributed by atoms with Gasteiger partial charge in [-0.05, 0) is 35.5 Å². The van der Waals surface area contributed by atoms with Gasteiger partial charge in [0.15, 0.2) is 0 Å². The number of rotatable bonds is 5. The van der Waals surface area contributed by atoms with Crippen LogP contribution in [0.1, 0.15) is 18.9 Å². The molecule has 0 aromatic carbocycles. The molecule has 2 heterocycles. The summed E-state index contributed by atoms with van der Waals surface area (Å²) in [5.41, 5.74) is 0.860. The topological polar surface area (TPSA) is 52.0 Å². The Hall–Kier alpha value is -1.46. The third-order valence-corrected chi connectivity index (χ3v) is 3.61. The molecule has 19 heavy (non-hydrogen) atoms. The van der Waals surface area contributed by atoms with Gasteiger partial charge in [-0.3, -0.25) is 9.59 Å². The minimum absolute atomic E-state index is 0.0645. The number of halogens is 1. The van der Waals surface area contributed by atoms with Crippen LogP contribution in [-0.4, -0.2) is 15.0 Å². The van der Waals surface area contributed by atoms with Gasteiger partial charge < -0.3 is 0 Å². The first-order chi connectivity index (χ1) is 9.11. The monoisotopic (exact) mass is 296 g/mol. The van der Waals surface area contributed by atoms with Crippen LogP contribution >= 0.6 is 22.9 Å². The normalized spacial score (nSPS) is 10.6. The number of thiophene rings is 1. The van der Waals surface area contributed by atoms with Crippen molar-refractivity contribution in [1.29, 1.82) is 0 Å². The van der Waals surface area contributed by atoms with E-state index in [1.807, 2.05) is 24.4 Å². The number of nitrogens with zero attached hydrogens (tertiary/aromatic N) is 2. The molecule has 0 saturated carbocycles. The molecule has 0 radical (unpaired) electrons. The van der Waals surface area contributed by atoms with E-state index in [2.05, 4.69) is 5.10 Å². The molecular weight excluding hydrogens is 284 g/mol. The third kappa shape index (κ3) is 3.30. The van der Waals surface area contributed by atoms with Crippen molar-refractivity contribution in [3.63, 3.8) is 0 Å². The first kappa shape index (κ1) is 14.0. The van der Waals surface area contributed by atoms with Crippen molar-refractivity contribution >= 4 is 28.2 Å². The Kier molecular flexibility index (Phi) is 4.50. The van der Waals surface area contributed by atoms with Crippen LogP contribution in [0.15, 0.2) is 28.4 Å². The van der Waals surface area contributed by atoms with E-state index in [1.165, 1.54) is 4.68 Å². The number of carbonyl (C=O) groups excluding carboxylic acids is 1. The van der Waals surface area contributed by atoms with E-state index in [1.54, 1.807) is 17.4 Å². The molecule has 2 aromatic heterocycles. The summed E-state index contributed by atoms with van der Waals surface area (Å²) in [5.74, 6) is 0. The molecule has 6 heteroatoms. The SMILES string of the molecule is CCCn1nc(-c2cccs2)cc(CC(=O)Cl)c1=O. The third-order valence-electron chi connectivity index (χ3n) is 2.59. The molecule has 4 nitrogen and oxygen atoms in total. The van der Waals surface area contributed by atoms with E-state index in [9.17, 15) is 9.59 Å². The zero-order valence-corrected chi connectivity index (χ0v) is 12.0. The fourth-order valence-corrected chi connectivity index (χ4v) is 2.61. The standard InChI is InChI=1S/C13H13ClN2O2S/c1-2-5-16-13(18)9(8-12(14)17)7-10(15-16)11-4-3-6-19-11/h3-4,6-7H,2,5,8H2,1H3. The van der Waals surface area contributed by atoms with E-state index < -0.39 is 5.24 Å². The van der Waals surface area contributed by atoms with E-state index in [4.69, 9.17) is 11.6 Å². The number of hydrogen-bond donors (Lipinski definition) is 0. The summed E-state index contributed by atoms with van der Waals surface area (Å²) in [6.45, 7) is 2.50. The highest BCUT2D eigenvalue weighted by molar-refractivity contribution is 7.13. The summed E-state index contributed by atoms with van der Waals surface area (Å²) in [4.78, 5) is 24.1. The number of aromatic nitrogens is 2. The molecule has 2 aromatic rings. The maximum absolute atomic E-state index is 12.1. The molecular formula is C13H13ClN2O2S. The molecule has 0 fully saturated rings. The minimum atomic E-state index is -0.538. The lowest BCUT2D eigenvalue weighted by atomic mass is 10.2. The summed E-state index contributed by atoms with van der Waals surface area (Å²) >= 11 is 6.93. The molecule has 0 amide bonds. The van der Waals surface area contributed by atoms with Crippen LogP contribution in [0.4, 0.5) is 0 Å². The van der Waals surface area contributed by atoms with Crippen LogP contribution in [0.2, 0.25) is 0 Å². The molecule has 0 spiro atoms. The average Bonchev–Trinajstić information content (AvgIpc) is 2.87. The lowest BCUT2D eigenvalue weighted by Gasteiger charge is -2.08. The van der Waals surface area contributed by atoms with Crippen LogP contribution in [0.5, 0.6) is 0 Å². The molecule has 0 aliphatic heterocycles. The van der Waals surface area contributed by atoms with Crippen molar-refractivity contribution in [2.45, 2.75) is 26.3 Å². The average molecular weight is 297 g/mol. The molecule has 0 aliphatic rings. The van der Waals surface area contributed by atoms with Gasteiger partial charge in [-0.15, -0.1) is 11.3 Å². The van der Waals surface area contributed by atoms with Crippen LogP contribution in [0.3, 0.4) is 0 Å². The number of carbonyl (C=O) groups is 1. The lowest BCUT2D eigenvalue weighted by Crippen LogP contribution is -2.27. The van der Waals surface area contributed by atoms with Gasteiger partial charge in [0.25, 0.3) is 5.56 Å². The van der Waals surface area contributed by atoms with Crippen molar-refractivity contribution in [1.82, 2.24) is 9.78 Å². The molecule has 2 rings (SSSR count). The Bertz CT molecular complexity index is 635.